The van der Waals surface area contributed by atoms with Crippen LogP contribution in [0.15, 0.2) is 48.5 Å². The number of amides is 1. The van der Waals surface area contributed by atoms with Gasteiger partial charge in [-0.25, -0.2) is 0 Å². The lowest BCUT2D eigenvalue weighted by atomic mass is 10.2. The monoisotopic (exact) mass is 312 g/mol. The molecule has 122 valence electrons. The molecule has 4 heteroatoms. The number of unbranched alkanes of at least 4 members (excludes halogenated alkanes) is 3. The Morgan fingerprint density at radius 2 is 1.87 bits per heavy atom. The summed E-state index contributed by atoms with van der Waals surface area (Å²) in [6.45, 7) is 2.91. The van der Waals surface area contributed by atoms with Crippen molar-refractivity contribution in [2.75, 3.05) is 17.7 Å². The van der Waals surface area contributed by atoms with Crippen LogP contribution in [-0.2, 0) is 0 Å². The van der Waals surface area contributed by atoms with E-state index < -0.39 is 0 Å². The maximum Gasteiger partial charge on any atom is 0.255 e. The highest BCUT2D eigenvalue weighted by molar-refractivity contribution is 6.04. The molecule has 0 atom stereocenters. The molecular formula is C19H24N2O2. The van der Waals surface area contributed by atoms with E-state index in [0.717, 1.165) is 18.8 Å². The Morgan fingerprint density at radius 3 is 2.57 bits per heavy atom. The van der Waals surface area contributed by atoms with Crippen LogP contribution >= 0.6 is 0 Å². The van der Waals surface area contributed by atoms with Crippen LogP contribution < -0.4 is 15.8 Å². The predicted molar refractivity (Wildman–Crippen MR) is 94.9 cm³/mol. The summed E-state index contributed by atoms with van der Waals surface area (Å²) in [7, 11) is 0. The van der Waals surface area contributed by atoms with E-state index in [4.69, 9.17) is 10.5 Å². The number of nitrogens with one attached hydrogen (secondary N) is 1. The molecule has 0 bridgehead atoms. The third-order valence-corrected chi connectivity index (χ3v) is 3.53. The summed E-state index contributed by atoms with van der Waals surface area (Å²) >= 11 is 0. The lowest BCUT2D eigenvalue weighted by Crippen LogP contribution is -2.11. The Balaban J connectivity index is 1.85. The summed E-state index contributed by atoms with van der Waals surface area (Å²) in [4.78, 5) is 12.2. The molecule has 2 aromatic carbocycles. The third-order valence-electron chi connectivity index (χ3n) is 3.53. The highest BCUT2D eigenvalue weighted by atomic mass is 16.5. The van der Waals surface area contributed by atoms with Gasteiger partial charge in [0.2, 0.25) is 0 Å². The number of nitrogen functional groups attached to an aromatic ring is 1. The predicted octanol–water partition coefficient (Wildman–Crippen LogP) is 4.48. The van der Waals surface area contributed by atoms with Gasteiger partial charge in [-0.3, -0.25) is 4.79 Å². The lowest BCUT2D eigenvalue weighted by molar-refractivity contribution is 0.102. The van der Waals surface area contributed by atoms with Gasteiger partial charge in [-0.1, -0.05) is 32.3 Å². The first-order valence-electron chi connectivity index (χ1n) is 8.09. The first-order chi connectivity index (χ1) is 11.2. The zero-order chi connectivity index (χ0) is 16.5. The van der Waals surface area contributed by atoms with E-state index in [1.54, 1.807) is 30.3 Å². The number of carbonyl (C=O) groups excluding carboxylic acids is 1. The molecule has 23 heavy (non-hydrogen) atoms. The van der Waals surface area contributed by atoms with Crippen molar-refractivity contribution in [3.63, 3.8) is 0 Å². The van der Waals surface area contributed by atoms with Gasteiger partial charge in [0.05, 0.1) is 6.61 Å². The Bertz CT molecular complexity index is 624. The smallest absolute Gasteiger partial charge is 0.255 e. The van der Waals surface area contributed by atoms with E-state index in [2.05, 4.69) is 12.2 Å². The zero-order valence-electron chi connectivity index (χ0n) is 13.5. The number of anilines is 2. The Kier molecular flexibility index (Phi) is 6.48. The minimum absolute atomic E-state index is 0.162. The summed E-state index contributed by atoms with van der Waals surface area (Å²) < 4.78 is 5.67. The van der Waals surface area contributed by atoms with Crippen molar-refractivity contribution < 1.29 is 9.53 Å². The van der Waals surface area contributed by atoms with E-state index in [0.29, 0.717) is 16.9 Å². The Hall–Kier alpha value is -2.49. The number of nitrogens with two attached hydrogens (primary N) is 1. The van der Waals surface area contributed by atoms with Crippen molar-refractivity contribution in [3.8, 4) is 5.75 Å². The maximum absolute atomic E-state index is 12.2. The molecule has 0 spiro atoms. The van der Waals surface area contributed by atoms with Crippen LogP contribution in [0.4, 0.5) is 11.4 Å². The van der Waals surface area contributed by atoms with Gasteiger partial charge < -0.3 is 15.8 Å². The van der Waals surface area contributed by atoms with Crippen LogP contribution in [0.5, 0.6) is 5.75 Å². The third kappa shape index (κ3) is 5.66. The average Bonchev–Trinajstić information content (AvgIpc) is 2.55. The lowest BCUT2D eigenvalue weighted by Gasteiger charge is -2.08. The van der Waals surface area contributed by atoms with Gasteiger partial charge in [0.1, 0.15) is 5.75 Å². The molecule has 0 aliphatic heterocycles. The number of hydrogen-bond acceptors (Lipinski definition) is 3. The second-order valence-corrected chi connectivity index (χ2v) is 5.51. The zero-order valence-corrected chi connectivity index (χ0v) is 13.5. The number of ether oxygens (including phenoxy) is 1. The molecule has 0 heterocycles. The van der Waals surface area contributed by atoms with E-state index in [9.17, 15) is 4.79 Å². The summed E-state index contributed by atoms with van der Waals surface area (Å²) in [5, 5.41) is 2.83. The molecule has 1 amide bonds. The second-order valence-electron chi connectivity index (χ2n) is 5.51. The van der Waals surface area contributed by atoms with Gasteiger partial charge >= 0.3 is 0 Å². The molecule has 0 saturated carbocycles. The molecular weight excluding hydrogens is 288 g/mol. The van der Waals surface area contributed by atoms with Gasteiger partial charge in [0.15, 0.2) is 0 Å². The van der Waals surface area contributed by atoms with Gasteiger partial charge in [-0.2, -0.15) is 0 Å². The van der Waals surface area contributed by atoms with E-state index >= 15 is 0 Å². The SMILES string of the molecule is CCCCCCOc1ccc(C(=O)Nc2cccc(N)c2)cc1. The highest BCUT2D eigenvalue weighted by Gasteiger charge is 2.06. The maximum atomic E-state index is 12.2. The van der Waals surface area contributed by atoms with Crippen molar-refractivity contribution in [2.24, 2.45) is 0 Å². The molecule has 0 aliphatic carbocycles. The molecule has 2 aromatic rings. The molecule has 0 radical (unpaired) electrons. The summed E-state index contributed by atoms with van der Waals surface area (Å²) in [6.07, 6.45) is 4.71. The van der Waals surface area contributed by atoms with Crippen LogP contribution in [0.3, 0.4) is 0 Å². The fourth-order valence-corrected chi connectivity index (χ4v) is 2.24. The Labute approximate surface area is 137 Å². The van der Waals surface area contributed by atoms with Crippen molar-refractivity contribution >= 4 is 17.3 Å². The van der Waals surface area contributed by atoms with Crippen molar-refractivity contribution in [1.29, 1.82) is 0 Å². The molecule has 4 nitrogen and oxygen atoms in total. The number of rotatable bonds is 8. The fraction of sp³-hybridized carbons (Fsp3) is 0.316. The van der Waals surface area contributed by atoms with Gasteiger partial charge in [-0.15, -0.1) is 0 Å². The largest absolute Gasteiger partial charge is 0.494 e. The average molecular weight is 312 g/mol. The topological polar surface area (TPSA) is 64.3 Å². The minimum Gasteiger partial charge on any atom is -0.494 e. The first-order valence-corrected chi connectivity index (χ1v) is 8.09. The molecule has 0 unspecified atom stereocenters. The number of carbonyl (C=O) groups is 1. The van der Waals surface area contributed by atoms with Crippen LogP contribution in [-0.4, -0.2) is 12.5 Å². The number of benzene rings is 2. The molecule has 0 saturated heterocycles. The standard InChI is InChI=1S/C19H24N2O2/c1-2-3-4-5-13-23-18-11-9-15(10-12-18)19(22)21-17-8-6-7-16(20)14-17/h6-12,14H,2-5,13,20H2,1H3,(H,21,22). The van der Waals surface area contributed by atoms with Crippen LogP contribution in [0.1, 0.15) is 43.0 Å². The van der Waals surface area contributed by atoms with Crippen molar-refractivity contribution in [3.05, 3.63) is 54.1 Å². The van der Waals surface area contributed by atoms with Crippen LogP contribution in [0, 0.1) is 0 Å². The van der Waals surface area contributed by atoms with Gasteiger partial charge in [0, 0.05) is 16.9 Å². The van der Waals surface area contributed by atoms with Crippen molar-refractivity contribution in [1.82, 2.24) is 0 Å². The minimum atomic E-state index is -0.162. The number of hydrogen-bond donors (Lipinski definition) is 2. The molecule has 3 N–H and O–H groups in total. The van der Waals surface area contributed by atoms with Crippen molar-refractivity contribution in [2.45, 2.75) is 32.6 Å². The van der Waals surface area contributed by atoms with E-state index in [1.807, 2.05) is 18.2 Å². The molecule has 2 rings (SSSR count). The quantitative estimate of drug-likeness (QED) is 0.558. The Morgan fingerprint density at radius 1 is 1.09 bits per heavy atom. The normalized spacial score (nSPS) is 10.3. The molecule has 0 aliphatic rings. The van der Waals surface area contributed by atoms with E-state index in [1.165, 1.54) is 19.3 Å². The second kappa shape index (κ2) is 8.83. The highest BCUT2D eigenvalue weighted by Crippen LogP contribution is 2.16. The van der Waals surface area contributed by atoms with Gasteiger partial charge in [-0.05, 0) is 48.9 Å². The molecule has 0 fully saturated rings. The van der Waals surface area contributed by atoms with Gasteiger partial charge in [0.25, 0.3) is 5.91 Å². The molecule has 0 aromatic heterocycles. The van der Waals surface area contributed by atoms with E-state index in [-0.39, 0.29) is 5.91 Å². The van der Waals surface area contributed by atoms with Crippen LogP contribution in [0.25, 0.3) is 0 Å². The summed E-state index contributed by atoms with van der Waals surface area (Å²) in [5.74, 6) is 0.632. The summed E-state index contributed by atoms with van der Waals surface area (Å²) in [6, 6.07) is 14.3. The van der Waals surface area contributed by atoms with Crippen LogP contribution in [0.2, 0.25) is 0 Å². The fourth-order valence-electron chi connectivity index (χ4n) is 2.24. The first kappa shape index (κ1) is 16.9. The summed E-state index contributed by atoms with van der Waals surface area (Å²) in [5.41, 5.74) is 7.60.